The molecule has 0 radical (unpaired) electrons. The number of allylic oxidation sites excluding steroid dienone is 12. The van der Waals surface area contributed by atoms with Crippen LogP contribution in [-0.4, -0.2) is 70.6 Å². The highest BCUT2D eigenvalue weighted by Crippen LogP contribution is 2.40. The lowest BCUT2D eigenvalue weighted by Crippen LogP contribution is -2.05. The normalized spacial score (nSPS) is 15.3. The summed E-state index contributed by atoms with van der Waals surface area (Å²) in [7, 11) is 0. The zero-order chi connectivity index (χ0) is 55.1. The van der Waals surface area contributed by atoms with Crippen LogP contribution < -0.4 is 18.9 Å². The number of alkyl halides is 4. The van der Waals surface area contributed by atoms with Crippen LogP contribution in [0, 0.1) is 0 Å². The molecule has 5 aliphatic rings. The summed E-state index contributed by atoms with van der Waals surface area (Å²) in [6.07, 6.45) is 34.8. The minimum atomic E-state index is 0.648. The van der Waals surface area contributed by atoms with Crippen LogP contribution in [0.2, 0.25) is 0 Å². The zero-order valence-corrected chi connectivity index (χ0v) is 52.1. The fourth-order valence-electron chi connectivity index (χ4n) is 10.2. The van der Waals surface area contributed by atoms with E-state index in [-0.39, 0.29) is 0 Å². The summed E-state index contributed by atoms with van der Waals surface area (Å²) in [5.41, 5.74) is 13.7. The third-order valence-corrected chi connectivity index (χ3v) is 16.5. The van der Waals surface area contributed by atoms with Crippen molar-refractivity contribution in [3.05, 3.63) is 191 Å². The van der Waals surface area contributed by atoms with Crippen molar-refractivity contribution >= 4 is 109 Å². The Bertz CT molecular complexity index is 2770. The summed E-state index contributed by atoms with van der Waals surface area (Å²) < 4.78 is 25.8. The second-order valence-electron chi connectivity index (χ2n) is 20.3. The molecule has 4 aromatic carbocycles. The van der Waals surface area contributed by atoms with Gasteiger partial charge in [0, 0.05) is 43.6 Å². The predicted molar refractivity (Wildman–Crippen MR) is 351 cm³/mol. The van der Waals surface area contributed by atoms with Gasteiger partial charge in [-0.15, -0.1) is 0 Å². The maximum absolute atomic E-state index is 6.44. The maximum Gasteiger partial charge on any atom is 0.119 e. The molecular weight excluding hydrogens is 1260 g/mol. The lowest BCUT2D eigenvalue weighted by molar-refractivity contribution is 0.305. The van der Waals surface area contributed by atoms with Crippen molar-refractivity contribution in [2.24, 2.45) is 20.0 Å². The molecule has 0 amide bonds. The van der Waals surface area contributed by atoms with Gasteiger partial charge in [0.05, 0.1) is 72.1 Å². The Balaban J connectivity index is 1.20. The third-order valence-electron chi connectivity index (χ3n) is 14.3. The highest BCUT2D eigenvalue weighted by atomic mass is 79.9. The van der Waals surface area contributed by atoms with Gasteiger partial charge in [0.2, 0.25) is 0 Å². The van der Waals surface area contributed by atoms with Crippen LogP contribution in [-0.2, 0) is 0 Å². The Hall–Kier alpha value is -5.40. The number of rotatable bonds is 32. The molecule has 12 heteroatoms. The van der Waals surface area contributed by atoms with Gasteiger partial charge in [-0.05, 0) is 171 Å². The van der Waals surface area contributed by atoms with Crippen LogP contribution >= 0.6 is 63.7 Å². The molecule has 80 heavy (non-hydrogen) atoms. The van der Waals surface area contributed by atoms with Crippen molar-refractivity contribution in [1.29, 1.82) is 0 Å². The summed E-state index contributed by atoms with van der Waals surface area (Å²) in [6, 6.07) is 33.5. The van der Waals surface area contributed by atoms with Crippen molar-refractivity contribution in [1.82, 2.24) is 0 Å². The predicted octanol–water partition coefficient (Wildman–Crippen LogP) is 19.0. The molecule has 0 saturated heterocycles. The first-order valence-electron chi connectivity index (χ1n) is 28.8. The van der Waals surface area contributed by atoms with Gasteiger partial charge < -0.3 is 18.9 Å². The monoisotopic (exact) mass is 1320 g/mol. The van der Waals surface area contributed by atoms with E-state index in [4.69, 9.17) is 38.9 Å². The maximum atomic E-state index is 6.44. The van der Waals surface area contributed by atoms with Crippen LogP contribution in [0.15, 0.2) is 188 Å². The number of benzene rings is 4. The average molecular weight is 1330 g/mol. The van der Waals surface area contributed by atoms with Gasteiger partial charge in [0.1, 0.15) is 23.0 Å². The molecule has 8 bridgehead atoms. The van der Waals surface area contributed by atoms with E-state index in [1.165, 1.54) is 25.7 Å². The number of hydrogen-bond donors (Lipinski definition) is 0. The SMILES string of the molecule is BrCCCCCCOc1cccc(C2=C3C=CC(=N3)C(c3cccc(OCCCCCCBr)c3)=C3C=CC(=N3)C(c3cccc(OCCCCCCBr)c3)=C3C=CC(=N3)C(c3cccc(OCCCCCCBr)c3)=C3C=CC2=N3)c1. The van der Waals surface area contributed by atoms with Crippen molar-refractivity contribution < 1.29 is 18.9 Å². The smallest absolute Gasteiger partial charge is 0.119 e. The number of aliphatic imine (C=N–C) groups is 4. The first-order chi connectivity index (χ1) is 39.5. The number of hydrogen-bond acceptors (Lipinski definition) is 8. The van der Waals surface area contributed by atoms with Crippen LogP contribution in [0.5, 0.6) is 23.0 Å². The van der Waals surface area contributed by atoms with E-state index < -0.39 is 0 Å². The molecule has 0 spiro atoms. The van der Waals surface area contributed by atoms with E-state index in [2.05, 4.69) is 185 Å². The highest BCUT2D eigenvalue weighted by Gasteiger charge is 2.28. The van der Waals surface area contributed by atoms with E-state index in [1.54, 1.807) is 0 Å². The second kappa shape index (κ2) is 31.7. The second-order valence-corrected chi connectivity index (χ2v) is 23.5. The Morgan fingerprint density at radius 3 is 0.713 bits per heavy atom. The molecule has 0 N–H and O–H groups in total. The summed E-state index contributed by atoms with van der Waals surface area (Å²) in [5.74, 6) is 3.25. The van der Waals surface area contributed by atoms with Gasteiger partial charge in [-0.2, -0.15) is 0 Å². The molecule has 8 nitrogen and oxygen atoms in total. The van der Waals surface area contributed by atoms with E-state index in [0.29, 0.717) is 26.4 Å². The van der Waals surface area contributed by atoms with E-state index in [9.17, 15) is 0 Å². The third kappa shape index (κ3) is 16.4. The van der Waals surface area contributed by atoms with Gasteiger partial charge >= 0.3 is 0 Å². The van der Waals surface area contributed by atoms with Crippen LogP contribution in [0.25, 0.3) is 22.3 Å². The average Bonchev–Trinajstić information content (AvgIpc) is 4.37. The largest absolute Gasteiger partial charge is 0.494 e. The van der Waals surface area contributed by atoms with E-state index in [0.717, 1.165) is 212 Å². The highest BCUT2D eigenvalue weighted by molar-refractivity contribution is 9.09. The van der Waals surface area contributed by atoms with Gasteiger partial charge in [0.25, 0.3) is 0 Å². The lowest BCUT2D eigenvalue weighted by atomic mass is 9.98. The summed E-state index contributed by atoms with van der Waals surface area (Å²) >= 11 is 14.3. The van der Waals surface area contributed by atoms with Crippen molar-refractivity contribution in [2.75, 3.05) is 47.7 Å². The van der Waals surface area contributed by atoms with Crippen molar-refractivity contribution in [3.8, 4) is 23.0 Å². The van der Waals surface area contributed by atoms with E-state index >= 15 is 0 Å². The van der Waals surface area contributed by atoms with Crippen LogP contribution in [0.4, 0.5) is 0 Å². The molecule has 416 valence electrons. The van der Waals surface area contributed by atoms with Crippen LogP contribution in [0.1, 0.15) is 125 Å². The Kier molecular flexibility index (Phi) is 23.5. The van der Waals surface area contributed by atoms with E-state index in [1.807, 2.05) is 24.3 Å². The number of halogens is 4. The minimum Gasteiger partial charge on any atom is -0.494 e. The number of ether oxygens (including phenoxy) is 4. The van der Waals surface area contributed by atoms with Gasteiger partial charge in [-0.1, -0.05) is 164 Å². The van der Waals surface area contributed by atoms with Gasteiger partial charge in [-0.3, -0.25) is 0 Å². The molecule has 0 unspecified atom stereocenters. The molecule has 0 aromatic heterocycles. The quantitative estimate of drug-likeness (QED) is 0.0360. The minimum absolute atomic E-state index is 0.648. The van der Waals surface area contributed by atoms with Gasteiger partial charge in [-0.25, -0.2) is 20.0 Å². The summed E-state index contributed by atoms with van der Waals surface area (Å²) in [5, 5.41) is 4.10. The first-order valence-corrected chi connectivity index (χ1v) is 33.2. The molecule has 0 fully saturated rings. The Morgan fingerprint density at radius 2 is 0.487 bits per heavy atom. The fourth-order valence-corrected chi connectivity index (χ4v) is 11.8. The standard InChI is InChI=1S/C68H72Br4N4O4/c69-37-9-1-5-13-41-77-53-25-17-21-49(45-53)65-57-29-31-59(73-57)66(50-22-18-26-54(46-50)78-42-14-6-2-10-38-70)61-33-35-63(75-61)68(52-24-20-28-56(48-52)80-44-16-8-4-12-40-72)64-36-34-62(76-64)67(60-32-30-58(65)74-60)51-23-19-27-55(47-51)79-43-15-7-3-11-39-71/h17-36,45-48H,1-16,37-44H2. The first kappa shape index (κ1) is 59.2. The molecule has 0 saturated carbocycles. The number of unbranched alkanes of at least 4 members (excludes halogenated alkanes) is 12. The molecule has 4 aromatic rings. The lowest BCUT2D eigenvalue weighted by Gasteiger charge is -2.14. The fraction of sp³-hybridized carbons (Fsp3) is 0.353. The number of fused-ring (bicyclic) bond motifs is 4. The molecule has 5 heterocycles. The van der Waals surface area contributed by atoms with Crippen LogP contribution in [0.3, 0.4) is 0 Å². The van der Waals surface area contributed by atoms with Crippen molar-refractivity contribution in [2.45, 2.75) is 103 Å². The zero-order valence-electron chi connectivity index (χ0n) is 45.8. The molecular formula is C68H72Br4N4O4. The number of nitrogens with zero attached hydrogens (tertiary/aromatic N) is 4. The molecule has 5 aliphatic heterocycles. The van der Waals surface area contributed by atoms with Crippen molar-refractivity contribution in [3.63, 3.8) is 0 Å². The summed E-state index contributed by atoms with van der Waals surface area (Å²) in [6.45, 7) is 2.59. The molecule has 0 aliphatic carbocycles. The van der Waals surface area contributed by atoms with Gasteiger partial charge in [0.15, 0.2) is 0 Å². The summed E-state index contributed by atoms with van der Waals surface area (Å²) in [4.78, 5) is 22.3. The topological polar surface area (TPSA) is 86.4 Å². The Labute approximate surface area is 508 Å². The molecule has 0 atom stereocenters. The Morgan fingerprint density at radius 1 is 0.263 bits per heavy atom. The molecule has 9 rings (SSSR count).